The van der Waals surface area contributed by atoms with Crippen molar-refractivity contribution in [3.8, 4) is 0 Å². The summed E-state index contributed by atoms with van der Waals surface area (Å²) in [6, 6.07) is 13.9. The van der Waals surface area contributed by atoms with Crippen LogP contribution in [-0.2, 0) is 16.4 Å². The van der Waals surface area contributed by atoms with Crippen LogP contribution in [-0.4, -0.2) is 8.42 Å². The van der Waals surface area contributed by atoms with Gasteiger partial charge in [0.1, 0.15) is 0 Å². The molecule has 0 aromatic heterocycles. The third kappa shape index (κ3) is 3.58. The average molecular weight is 340 g/mol. The van der Waals surface area contributed by atoms with Crippen LogP contribution in [0.25, 0.3) is 0 Å². The molecule has 0 aliphatic carbocycles. The first kappa shape index (κ1) is 14.1. The molecule has 0 aliphatic rings. The first-order chi connectivity index (χ1) is 9.01. The highest BCUT2D eigenvalue weighted by molar-refractivity contribution is 9.10. The summed E-state index contributed by atoms with van der Waals surface area (Å²) >= 11 is 3.28. The number of nitrogens with one attached hydrogen (secondary N) is 1. The lowest BCUT2D eigenvalue weighted by molar-refractivity contribution is 0.601. The van der Waals surface area contributed by atoms with Gasteiger partial charge in [-0.2, -0.15) is 0 Å². The molecule has 0 atom stereocenters. The van der Waals surface area contributed by atoms with Crippen molar-refractivity contribution < 1.29 is 8.42 Å². The minimum absolute atomic E-state index is 0.248. The number of hydrogen-bond acceptors (Lipinski definition) is 2. The van der Waals surface area contributed by atoms with E-state index in [-0.39, 0.29) is 4.90 Å². The van der Waals surface area contributed by atoms with E-state index in [1.54, 1.807) is 30.3 Å². The Morgan fingerprint density at radius 1 is 1.11 bits per heavy atom. The molecule has 0 bridgehead atoms. The van der Waals surface area contributed by atoms with Crippen LogP contribution < -0.4 is 4.72 Å². The molecular weight excluding hydrogens is 326 g/mol. The second-order valence-electron chi connectivity index (χ2n) is 4.11. The van der Waals surface area contributed by atoms with E-state index in [0.29, 0.717) is 5.69 Å². The van der Waals surface area contributed by atoms with Crippen molar-refractivity contribution in [2.75, 3.05) is 4.72 Å². The van der Waals surface area contributed by atoms with Crippen LogP contribution in [0.15, 0.2) is 57.9 Å². The summed E-state index contributed by atoms with van der Waals surface area (Å²) in [5, 5.41) is 0. The summed E-state index contributed by atoms with van der Waals surface area (Å²) in [5.74, 6) is 0. The van der Waals surface area contributed by atoms with Crippen molar-refractivity contribution >= 4 is 31.6 Å². The van der Waals surface area contributed by atoms with Crippen molar-refractivity contribution in [3.63, 3.8) is 0 Å². The maximum Gasteiger partial charge on any atom is 0.261 e. The molecule has 0 fully saturated rings. The fourth-order valence-corrected chi connectivity index (χ4v) is 3.00. The summed E-state index contributed by atoms with van der Waals surface area (Å²) in [6.45, 7) is 2.03. The number of hydrogen-bond donors (Lipinski definition) is 1. The fourth-order valence-electron chi connectivity index (χ4n) is 1.68. The van der Waals surface area contributed by atoms with E-state index in [1.165, 1.54) is 0 Å². The zero-order valence-electron chi connectivity index (χ0n) is 10.4. The molecule has 19 heavy (non-hydrogen) atoms. The summed E-state index contributed by atoms with van der Waals surface area (Å²) in [5.41, 5.74) is 1.68. The van der Waals surface area contributed by atoms with Crippen molar-refractivity contribution in [2.24, 2.45) is 0 Å². The van der Waals surface area contributed by atoms with E-state index < -0.39 is 10.0 Å². The number of benzene rings is 2. The minimum Gasteiger partial charge on any atom is -0.280 e. The lowest BCUT2D eigenvalue weighted by atomic mass is 10.1. The zero-order valence-corrected chi connectivity index (χ0v) is 12.8. The van der Waals surface area contributed by atoms with Crippen LogP contribution in [0.2, 0.25) is 0 Å². The molecule has 5 heteroatoms. The summed E-state index contributed by atoms with van der Waals surface area (Å²) in [7, 11) is -3.53. The van der Waals surface area contributed by atoms with Gasteiger partial charge >= 0.3 is 0 Å². The Morgan fingerprint density at radius 3 is 2.42 bits per heavy atom. The lowest BCUT2D eigenvalue weighted by Crippen LogP contribution is -2.12. The van der Waals surface area contributed by atoms with Crippen LogP contribution in [0.1, 0.15) is 12.5 Å². The number of halogens is 1. The smallest absolute Gasteiger partial charge is 0.261 e. The summed E-state index contributed by atoms with van der Waals surface area (Å²) in [6.07, 6.45) is 0.869. The van der Waals surface area contributed by atoms with Gasteiger partial charge in [0.25, 0.3) is 10.0 Å². The number of sulfonamides is 1. The highest BCUT2D eigenvalue weighted by Gasteiger charge is 2.13. The first-order valence-corrected chi connectivity index (χ1v) is 8.16. The van der Waals surface area contributed by atoms with Gasteiger partial charge in [0.05, 0.1) is 4.90 Å². The van der Waals surface area contributed by atoms with Gasteiger partial charge in [-0.1, -0.05) is 35.0 Å². The number of rotatable bonds is 4. The molecule has 2 aromatic carbocycles. The van der Waals surface area contributed by atoms with Crippen molar-refractivity contribution in [1.82, 2.24) is 0 Å². The maximum absolute atomic E-state index is 12.2. The topological polar surface area (TPSA) is 46.2 Å². The molecule has 100 valence electrons. The molecule has 0 saturated carbocycles. The van der Waals surface area contributed by atoms with Crippen molar-refractivity contribution in [2.45, 2.75) is 18.2 Å². The molecule has 0 heterocycles. The Labute approximate surface area is 121 Å². The fraction of sp³-hybridized carbons (Fsp3) is 0.143. The van der Waals surface area contributed by atoms with Crippen LogP contribution in [0, 0.1) is 0 Å². The molecule has 2 rings (SSSR count). The number of aryl methyl sites for hydroxylation is 1. The molecule has 0 radical (unpaired) electrons. The SMILES string of the molecule is CCc1cccc(NS(=O)(=O)c2ccc(Br)cc2)c1. The second kappa shape index (κ2) is 5.75. The van der Waals surface area contributed by atoms with E-state index in [9.17, 15) is 8.42 Å². The van der Waals surface area contributed by atoms with Crippen molar-refractivity contribution in [3.05, 3.63) is 58.6 Å². The van der Waals surface area contributed by atoms with Crippen LogP contribution >= 0.6 is 15.9 Å². The van der Waals surface area contributed by atoms with Gasteiger partial charge < -0.3 is 0 Å². The minimum atomic E-state index is -3.53. The standard InChI is InChI=1S/C14H14BrNO2S/c1-2-11-4-3-5-13(10-11)16-19(17,18)14-8-6-12(15)7-9-14/h3-10,16H,2H2,1H3. The molecule has 0 unspecified atom stereocenters. The third-order valence-corrected chi connectivity index (χ3v) is 4.64. The average Bonchev–Trinajstić information content (AvgIpc) is 2.39. The van der Waals surface area contributed by atoms with Gasteiger partial charge in [0.2, 0.25) is 0 Å². The molecule has 1 N–H and O–H groups in total. The lowest BCUT2D eigenvalue weighted by Gasteiger charge is -2.09. The monoisotopic (exact) mass is 339 g/mol. The van der Waals surface area contributed by atoms with Gasteiger partial charge in [-0.05, 0) is 48.4 Å². The highest BCUT2D eigenvalue weighted by atomic mass is 79.9. The predicted molar refractivity (Wildman–Crippen MR) is 80.8 cm³/mol. The Bertz CT molecular complexity index is 666. The summed E-state index contributed by atoms with van der Waals surface area (Å²) in [4.78, 5) is 0.248. The molecule has 0 amide bonds. The van der Waals surface area contributed by atoms with Gasteiger partial charge in [-0.3, -0.25) is 4.72 Å². The maximum atomic E-state index is 12.2. The van der Waals surface area contributed by atoms with Crippen LogP contribution in [0.3, 0.4) is 0 Å². The predicted octanol–water partition coefficient (Wildman–Crippen LogP) is 3.81. The highest BCUT2D eigenvalue weighted by Crippen LogP contribution is 2.19. The Kier molecular flexibility index (Phi) is 4.27. The Hall–Kier alpha value is -1.33. The van der Waals surface area contributed by atoms with E-state index in [1.807, 2.05) is 25.1 Å². The quantitative estimate of drug-likeness (QED) is 0.920. The molecule has 0 spiro atoms. The van der Waals surface area contributed by atoms with E-state index in [2.05, 4.69) is 20.7 Å². The number of anilines is 1. The van der Waals surface area contributed by atoms with E-state index in [4.69, 9.17) is 0 Å². The van der Waals surface area contributed by atoms with Crippen molar-refractivity contribution in [1.29, 1.82) is 0 Å². The molecule has 3 nitrogen and oxygen atoms in total. The van der Waals surface area contributed by atoms with Crippen LogP contribution in [0.5, 0.6) is 0 Å². The van der Waals surface area contributed by atoms with E-state index in [0.717, 1.165) is 16.5 Å². The second-order valence-corrected chi connectivity index (χ2v) is 6.71. The molecule has 0 saturated heterocycles. The van der Waals surface area contributed by atoms with E-state index >= 15 is 0 Å². The Balaban J connectivity index is 2.28. The normalized spacial score (nSPS) is 11.3. The molecular formula is C14H14BrNO2S. The van der Waals surface area contributed by atoms with Crippen LogP contribution in [0.4, 0.5) is 5.69 Å². The largest absolute Gasteiger partial charge is 0.280 e. The van der Waals surface area contributed by atoms with Gasteiger partial charge in [-0.15, -0.1) is 0 Å². The van der Waals surface area contributed by atoms with Gasteiger partial charge in [0.15, 0.2) is 0 Å². The van der Waals surface area contributed by atoms with Gasteiger partial charge in [0, 0.05) is 10.2 Å². The third-order valence-electron chi connectivity index (χ3n) is 2.71. The molecule has 0 aliphatic heterocycles. The van der Waals surface area contributed by atoms with Gasteiger partial charge in [-0.25, -0.2) is 8.42 Å². The summed E-state index contributed by atoms with van der Waals surface area (Å²) < 4.78 is 27.8. The molecule has 2 aromatic rings. The Morgan fingerprint density at radius 2 is 1.79 bits per heavy atom. The zero-order chi connectivity index (χ0) is 13.9. The first-order valence-electron chi connectivity index (χ1n) is 5.88.